The summed E-state index contributed by atoms with van der Waals surface area (Å²) in [5.41, 5.74) is 2.98. The van der Waals surface area contributed by atoms with Gasteiger partial charge < -0.3 is 13.9 Å². The number of hydrogen-bond donors (Lipinski definition) is 0. The van der Waals surface area contributed by atoms with Crippen molar-refractivity contribution in [3.8, 4) is 22.9 Å². The molecule has 0 fully saturated rings. The third-order valence-electron chi connectivity index (χ3n) is 6.07. The van der Waals surface area contributed by atoms with Crippen molar-refractivity contribution in [3.63, 3.8) is 0 Å². The van der Waals surface area contributed by atoms with Gasteiger partial charge in [0.1, 0.15) is 35.5 Å². The van der Waals surface area contributed by atoms with E-state index in [1.165, 1.54) is 0 Å². The molecule has 194 valence electrons. The van der Waals surface area contributed by atoms with Gasteiger partial charge in [0.2, 0.25) is 0 Å². The van der Waals surface area contributed by atoms with Gasteiger partial charge in [-0.2, -0.15) is 0 Å². The molecular formula is C31H30N2O5. The zero-order chi connectivity index (χ0) is 25.8. The Hall–Kier alpha value is -4.65. The van der Waals surface area contributed by atoms with Crippen LogP contribution < -0.4 is 15.0 Å². The molecule has 5 rings (SSSR count). The molecule has 0 spiro atoms. The fraction of sp³-hybridized carbons (Fsp3) is 0.194. The molecule has 0 aliphatic carbocycles. The van der Waals surface area contributed by atoms with Crippen LogP contribution in [-0.4, -0.2) is 22.4 Å². The number of para-hydroxylation sites is 1. The Kier molecular flexibility index (Phi) is 8.06. The van der Waals surface area contributed by atoms with Crippen LogP contribution in [0.2, 0.25) is 0 Å². The van der Waals surface area contributed by atoms with Crippen molar-refractivity contribution in [1.82, 2.24) is 9.55 Å². The predicted octanol–water partition coefficient (Wildman–Crippen LogP) is 6.06. The maximum Gasteiger partial charge on any atom is 0.262 e. The van der Waals surface area contributed by atoms with Gasteiger partial charge in [-0.25, -0.2) is 4.98 Å². The number of furan rings is 1. The van der Waals surface area contributed by atoms with Gasteiger partial charge in [-0.15, -0.1) is 0 Å². The molecule has 0 amide bonds. The first-order chi connectivity index (χ1) is 18.0. The van der Waals surface area contributed by atoms with E-state index in [9.17, 15) is 9.59 Å². The molecule has 0 atom stereocenters. The number of carbonyl (C=O) groups excluding carboxylic acids is 1. The molecule has 2 aromatic heterocycles. The van der Waals surface area contributed by atoms with Crippen molar-refractivity contribution < 1.29 is 18.7 Å². The lowest BCUT2D eigenvalue weighted by Gasteiger charge is -2.16. The number of nitrogens with zero attached hydrogens (tertiary/aromatic N) is 2. The molecule has 0 aliphatic rings. The second-order valence-electron chi connectivity index (χ2n) is 8.76. The van der Waals surface area contributed by atoms with Gasteiger partial charge in [0.25, 0.3) is 5.56 Å². The molecule has 0 radical (unpaired) electrons. The Morgan fingerprint density at radius 3 is 2.50 bits per heavy atom. The normalized spacial score (nSPS) is 10.7. The highest BCUT2D eigenvalue weighted by atomic mass is 16.5. The molecule has 0 saturated carbocycles. The largest absolute Gasteiger partial charge is 0.496 e. The number of fused-ring (bicyclic) bond motifs is 1. The fourth-order valence-electron chi connectivity index (χ4n) is 4.28. The van der Waals surface area contributed by atoms with Crippen LogP contribution in [0.3, 0.4) is 0 Å². The average Bonchev–Trinajstić information content (AvgIpc) is 3.43. The highest BCUT2D eigenvalue weighted by molar-refractivity contribution is 5.80. The number of ether oxygens (including phenoxy) is 2. The maximum absolute atomic E-state index is 13.5. The van der Waals surface area contributed by atoms with Crippen molar-refractivity contribution >= 4 is 16.7 Å². The van der Waals surface area contributed by atoms with E-state index in [0.29, 0.717) is 40.4 Å². The summed E-state index contributed by atoms with van der Waals surface area (Å²) in [6.45, 7) is 2.07. The quantitative estimate of drug-likeness (QED) is 0.240. The van der Waals surface area contributed by atoms with Crippen LogP contribution in [-0.2, 0) is 24.4 Å². The van der Waals surface area contributed by atoms with Crippen LogP contribution in [0.1, 0.15) is 31.2 Å². The van der Waals surface area contributed by atoms with E-state index in [0.717, 1.165) is 16.7 Å². The number of methoxy groups -OCH3 is 1. The van der Waals surface area contributed by atoms with E-state index in [-0.39, 0.29) is 31.9 Å². The van der Waals surface area contributed by atoms with Gasteiger partial charge in [-0.1, -0.05) is 31.7 Å². The summed E-state index contributed by atoms with van der Waals surface area (Å²) in [5.74, 6) is 2.64. The highest BCUT2D eigenvalue weighted by Crippen LogP contribution is 2.28. The Bertz CT molecular complexity index is 1600. The van der Waals surface area contributed by atoms with Gasteiger partial charge in [0.05, 0.1) is 30.8 Å². The minimum absolute atomic E-state index is 0. The molecule has 7 heteroatoms. The predicted molar refractivity (Wildman–Crippen MR) is 148 cm³/mol. The molecule has 0 bridgehead atoms. The number of benzene rings is 3. The van der Waals surface area contributed by atoms with Crippen molar-refractivity contribution in [2.75, 3.05) is 7.11 Å². The Balaban J connectivity index is 0.00000336. The van der Waals surface area contributed by atoms with Crippen LogP contribution in [0.4, 0.5) is 0 Å². The molecule has 0 N–H and O–H groups in total. The van der Waals surface area contributed by atoms with Crippen molar-refractivity contribution in [2.24, 2.45) is 0 Å². The van der Waals surface area contributed by atoms with Crippen LogP contribution >= 0.6 is 0 Å². The van der Waals surface area contributed by atoms with E-state index in [1.807, 2.05) is 66.7 Å². The minimum Gasteiger partial charge on any atom is -0.496 e. The van der Waals surface area contributed by atoms with Crippen LogP contribution in [0.25, 0.3) is 22.3 Å². The van der Waals surface area contributed by atoms with E-state index < -0.39 is 0 Å². The monoisotopic (exact) mass is 510 g/mol. The number of rotatable bonds is 9. The summed E-state index contributed by atoms with van der Waals surface area (Å²) in [6.07, 6.45) is 1.98. The molecule has 5 aromatic rings. The molecule has 0 aliphatic heterocycles. The number of ketones is 1. The van der Waals surface area contributed by atoms with Crippen LogP contribution in [0.5, 0.6) is 11.5 Å². The maximum atomic E-state index is 13.5. The molecular weight excluding hydrogens is 480 g/mol. The van der Waals surface area contributed by atoms with Crippen molar-refractivity contribution in [2.45, 2.75) is 33.9 Å². The summed E-state index contributed by atoms with van der Waals surface area (Å²) in [6, 6.07) is 24.1. The Morgan fingerprint density at radius 1 is 1.00 bits per heavy atom. The van der Waals surface area contributed by atoms with Crippen molar-refractivity contribution in [3.05, 3.63) is 112 Å². The average molecular weight is 511 g/mol. The number of hydrogen-bond acceptors (Lipinski definition) is 6. The van der Waals surface area contributed by atoms with Crippen molar-refractivity contribution in [1.29, 1.82) is 0 Å². The third-order valence-corrected chi connectivity index (χ3v) is 6.07. The van der Waals surface area contributed by atoms with Gasteiger partial charge in [0, 0.05) is 17.5 Å². The first-order valence-electron chi connectivity index (χ1n) is 11.9. The summed E-state index contributed by atoms with van der Waals surface area (Å²) < 4.78 is 18.8. The molecule has 2 heterocycles. The lowest BCUT2D eigenvalue weighted by Crippen LogP contribution is -2.24. The SMILES string of the molecule is C.COc1ccc(-c2nc3ccccc3c(=O)n2Cc2ccco2)cc1COc1ccc(CC(C)=O)cc1. The zero-order valence-electron chi connectivity index (χ0n) is 20.6. The van der Waals surface area contributed by atoms with Crippen LogP contribution in [0, 0.1) is 0 Å². The smallest absolute Gasteiger partial charge is 0.262 e. The first-order valence-corrected chi connectivity index (χ1v) is 11.9. The summed E-state index contributed by atoms with van der Waals surface area (Å²) >= 11 is 0. The second kappa shape index (κ2) is 11.6. The van der Waals surface area contributed by atoms with E-state index in [4.69, 9.17) is 18.9 Å². The Labute approximate surface area is 221 Å². The van der Waals surface area contributed by atoms with E-state index in [1.54, 1.807) is 37.0 Å². The molecule has 0 saturated heterocycles. The third kappa shape index (κ3) is 5.67. The lowest BCUT2D eigenvalue weighted by molar-refractivity contribution is -0.116. The molecule has 7 nitrogen and oxygen atoms in total. The fourth-order valence-corrected chi connectivity index (χ4v) is 4.28. The number of aromatic nitrogens is 2. The summed E-state index contributed by atoms with van der Waals surface area (Å²) in [7, 11) is 1.61. The van der Waals surface area contributed by atoms with Crippen LogP contribution in [0.15, 0.2) is 94.3 Å². The standard InChI is InChI=1S/C30H26N2O5.CH4/c1-20(33)16-21-9-12-24(13-10-21)37-19-23-17-22(11-14-28(23)35-2)29-31-27-8-4-3-7-26(27)30(34)32(29)18-25-6-5-15-36-25;/h3-15,17H,16,18-19H2,1-2H3;1H4. The van der Waals surface area contributed by atoms with Gasteiger partial charge in [-0.05, 0) is 67.1 Å². The first kappa shape index (κ1) is 26.4. The minimum atomic E-state index is -0.142. The number of Topliss-reactive ketones (excluding diaryl/α,β-unsaturated/α-hetero) is 1. The molecule has 38 heavy (non-hydrogen) atoms. The second-order valence-corrected chi connectivity index (χ2v) is 8.76. The summed E-state index contributed by atoms with van der Waals surface area (Å²) in [4.78, 5) is 29.7. The highest BCUT2D eigenvalue weighted by Gasteiger charge is 2.16. The van der Waals surface area contributed by atoms with Gasteiger partial charge in [-0.3, -0.25) is 14.2 Å². The van der Waals surface area contributed by atoms with Gasteiger partial charge in [0.15, 0.2) is 0 Å². The Morgan fingerprint density at radius 2 is 1.79 bits per heavy atom. The van der Waals surface area contributed by atoms with Gasteiger partial charge >= 0.3 is 0 Å². The lowest BCUT2D eigenvalue weighted by atomic mass is 10.1. The topological polar surface area (TPSA) is 83.6 Å². The van der Waals surface area contributed by atoms with E-state index >= 15 is 0 Å². The molecule has 3 aromatic carbocycles. The summed E-state index contributed by atoms with van der Waals surface area (Å²) in [5, 5.41) is 0.545. The number of carbonyl (C=O) groups is 1. The van der Waals surface area contributed by atoms with E-state index in [2.05, 4.69) is 0 Å². The zero-order valence-corrected chi connectivity index (χ0v) is 20.6. The molecule has 0 unspecified atom stereocenters.